The summed E-state index contributed by atoms with van der Waals surface area (Å²) in [7, 11) is -4.11. The Balaban J connectivity index is 1.45. The molecule has 0 aliphatic heterocycles. The highest BCUT2D eigenvalue weighted by atomic mass is 32.2. The number of aliphatic hydroxyl groups is 2. The molecule has 37 heavy (non-hydrogen) atoms. The summed E-state index contributed by atoms with van der Waals surface area (Å²) in [4.78, 5) is 25.9. The van der Waals surface area contributed by atoms with Gasteiger partial charge in [-0.2, -0.15) is 13.5 Å². The normalized spacial score (nSPS) is 20.2. The molecule has 0 radical (unpaired) electrons. The molecule has 0 bridgehead atoms. The summed E-state index contributed by atoms with van der Waals surface area (Å²) in [5.74, 6) is -0.567. The number of rotatable bonds is 10. The number of anilines is 1. The van der Waals surface area contributed by atoms with Gasteiger partial charge in [0.15, 0.2) is 0 Å². The lowest BCUT2D eigenvalue weighted by atomic mass is 10.0. The Kier molecular flexibility index (Phi) is 7.66. The van der Waals surface area contributed by atoms with Crippen LogP contribution in [0.1, 0.15) is 54.1 Å². The lowest BCUT2D eigenvalue weighted by Gasteiger charge is -2.17. The SMILES string of the molecule is CC(C)(O)c1cccc(Cn2ccc(C(=O)c3cncnc3NC3CC(O)C(COS(N)(=O)=O)C3)n2)n1. The maximum absolute atomic E-state index is 13.2. The minimum Gasteiger partial charge on any atom is -0.393 e. The smallest absolute Gasteiger partial charge is 0.333 e. The molecule has 3 heterocycles. The van der Waals surface area contributed by atoms with Crippen LogP contribution in [0, 0.1) is 5.92 Å². The van der Waals surface area contributed by atoms with E-state index in [9.17, 15) is 23.4 Å². The third-order valence-electron chi connectivity index (χ3n) is 6.03. The molecule has 198 valence electrons. The number of nitrogens with two attached hydrogens (primary N) is 1. The maximum atomic E-state index is 13.2. The molecular weight excluding hydrogens is 502 g/mol. The molecule has 3 unspecified atom stereocenters. The van der Waals surface area contributed by atoms with Gasteiger partial charge in [-0.1, -0.05) is 6.07 Å². The predicted octanol–water partition coefficient (Wildman–Crippen LogP) is 0.346. The van der Waals surface area contributed by atoms with Gasteiger partial charge in [0, 0.05) is 24.4 Å². The fourth-order valence-corrected chi connectivity index (χ4v) is 4.53. The van der Waals surface area contributed by atoms with Crippen LogP contribution in [-0.4, -0.2) is 67.9 Å². The quantitative estimate of drug-likeness (QED) is 0.263. The van der Waals surface area contributed by atoms with E-state index in [0.29, 0.717) is 30.8 Å². The van der Waals surface area contributed by atoms with Crippen molar-refractivity contribution in [2.45, 2.75) is 51.0 Å². The van der Waals surface area contributed by atoms with E-state index in [2.05, 4.69) is 29.6 Å². The largest absolute Gasteiger partial charge is 0.393 e. The molecule has 1 aliphatic rings. The van der Waals surface area contributed by atoms with Crippen LogP contribution in [-0.2, 0) is 26.6 Å². The molecule has 0 aromatic carbocycles. The number of ketones is 1. The van der Waals surface area contributed by atoms with Crippen molar-refractivity contribution in [2.75, 3.05) is 11.9 Å². The van der Waals surface area contributed by atoms with E-state index in [1.165, 1.54) is 12.5 Å². The third-order valence-corrected chi connectivity index (χ3v) is 6.50. The minimum atomic E-state index is -4.11. The van der Waals surface area contributed by atoms with Crippen LogP contribution in [0.5, 0.6) is 0 Å². The van der Waals surface area contributed by atoms with E-state index >= 15 is 0 Å². The van der Waals surface area contributed by atoms with E-state index in [4.69, 9.17) is 5.14 Å². The van der Waals surface area contributed by atoms with Crippen LogP contribution in [0.3, 0.4) is 0 Å². The minimum absolute atomic E-state index is 0.183. The van der Waals surface area contributed by atoms with E-state index in [-0.39, 0.29) is 29.7 Å². The van der Waals surface area contributed by atoms with Gasteiger partial charge in [-0.25, -0.2) is 15.1 Å². The fourth-order valence-electron chi connectivity index (χ4n) is 4.17. The highest BCUT2D eigenvalue weighted by Crippen LogP contribution is 2.30. The van der Waals surface area contributed by atoms with Crippen LogP contribution < -0.4 is 10.5 Å². The summed E-state index contributed by atoms with van der Waals surface area (Å²) in [6, 6.07) is 6.65. The first-order chi connectivity index (χ1) is 17.4. The van der Waals surface area contributed by atoms with Crippen molar-refractivity contribution >= 4 is 21.9 Å². The first kappa shape index (κ1) is 26.8. The number of carbonyl (C=O) groups is 1. The monoisotopic (exact) mass is 531 g/mol. The summed E-state index contributed by atoms with van der Waals surface area (Å²) < 4.78 is 28.3. The van der Waals surface area contributed by atoms with Gasteiger partial charge in [-0.3, -0.25) is 18.6 Å². The number of hydrogen-bond acceptors (Lipinski definition) is 11. The maximum Gasteiger partial charge on any atom is 0.333 e. The number of nitrogens with one attached hydrogen (secondary N) is 1. The molecule has 1 saturated carbocycles. The Hall–Kier alpha value is -3.30. The molecular formula is C23H29N7O6S. The molecule has 3 atom stereocenters. The second-order valence-electron chi connectivity index (χ2n) is 9.50. The Bertz CT molecular complexity index is 1370. The molecule has 1 aliphatic carbocycles. The molecule has 5 N–H and O–H groups in total. The Labute approximate surface area is 214 Å². The van der Waals surface area contributed by atoms with E-state index in [1.807, 2.05) is 6.07 Å². The highest BCUT2D eigenvalue weighted by Gasteiger charge is 2.35. The average molecular weight is 532 g/mol. The zero-order valence-corrected chi connectivity index (χ0v) is 21.2. The highest BCUT2D eigenvalue weighted by molar-refractivity contribution is 7.84. The molecule has 14 heteroatoms. The Morgan fingerprint density at radius 2 is 2.08 bits per heavy atom. The van der Waals surface area contributed by atoms with Gasteiger partial charge < -0.3 is 15.5 Å². The van der Waals surface area contributed by atoms with Crippen molar-refractivity contribution in [1.82, 2.24) is 24.7 Å². The predicted molar refractivity (Wildman–Crippen MR) is 131 cm³/mol. The van der Waals surface area contributed by atoms with Gasteiger partial charge in [0.1, 0.15) is 23.4 Å². The summed E-state index contributed by atoms with van der Waals surface area (Å²) in [5, 5.41) is 32.9. The molecule has 0 spiro atoms. The number of aromatic nitrogens is 5. The molecule has 3 aromatic heterocycles. The van der Waals surface area contributed by atoms with Crippen LogP contribution >= 0.6 is 0 Å². The van der Waals surface area contributed by atoms with Crippen LogP contribution in [0.2, 0.25) is 0 Å². The van der Waals surface area contributed by atoms with Gasteiger partial charge in [-0.15, -0.1) is 0 Å². The lowest BCUT2D eigenvalue weighted by Crippen LogP contribution is -2.24. The van der Waals surface area contributed by atoms with Crippen molar-refractivity contribution in [2.24, 2.45) is 11.1 Å². The molecule has 0 saturated heterocycles. The molecule has 13 nitrogen and oxygen atoms in total. The van der Waals surface area contributed by atoms with Gasteiger partial charge in [0.2, 0.25) is 5.78 Å². The van der Waals surface area contributed by atoms with E-state index in [0.717, 1.165) is 0 Å². The number of hydrogen-bond donors (Lipinski definition) is 4. The molecule has 3 aromatic rings. The number of nitrogens with zero attached hydrogens (tertiary/aromatic N) is 5. The Morgan fingerprint density at radius 3 is 2.81 bits per heavy atom. The topological polar surface area (TPSA) is 195 Å². The van der Waals surface area contributed by atoms with Crippen molar-refractivity contribution in [3.8, 4) is 0 Å². The standard InChI is InChI=1S/C23H29N7O6S/c1-23(2,33)20-5-3-4-15(27-20)11-30-7-6-18(29-30)21(32)17-10-25-13-26-22(17)28-16-8-14(19(31)9-16)12-36-37(24,34)35/h3-7,10,13-14,16,19,31,33H,8-9,11-12H2,1-2H3,(H2,24,34,35)(H,25,26,28). The summed E-state index contributed by atoms with van der Waals surface area (Å²) in [6.45, 7) is 3.37. The third kappa shape index (κ3) is 6.93. The van der Waals surface area contributed by atoms with Gasteiger partial charge in [0.25, 0.3) is 0 Å². The van der Waals surface area contributed by atoms with Gasteiger partial charge in [0.05, 0.1) is 36.2 Å². The summed E-state index contributed by atoms with van der Waals surface area (Å²) in [5.41, 5.74) is 0.507. The first-order valence-corrected chi connectivity index (χ1v) is 13.0. The number of carbonyl (C=O) groups excluding carboxylic acids is 1. The average Bonchev–Trinajstić information content (AvgIpc) is 3.43. The zero-order chi connectivity index (χ0) is 26.8. The van der Waals surface area contributed by atoms with Crippen molar-refractivity contribution < 1.29 is 27.6 Å². The van der Waals surface area contributed by atoms with Gasteiger partial charge >= 0.3 is 10.3 Å². The van der Waals surface area contributed by atoms with Gasteiger partial charge in [-0.05, 0) is 44.9 Å². The van der Waals surface area contributed by atoms with E-state index < -0.39 is 33.7 Å². The van der Waals surface area contributed by atoms with Crippen molar-refractivity contribution in [3.63, 3.8) is 0 Å². The zero-order valence-electron chi connectivity index (χ0n) is 20.4. The second kappa shape index (κ2) is 10.6. The van der Waals surface area contributed by atoms with Crippen LogP contribution in [0.15, 0.2) is 43.0 Å². The first-order valence-electron chi connectivity index (χ1n) is 11.6. The molecule has 4 rings (SSSR count). The molecule has 1 fully saturated rings. The fraction of sp³-hybridized carbons (Fsp3) is 0.435. The summed E-state index contributed by atoms with van der Waals surface area (Å²) in [6.07, 6.45) is 4.23. The number of aliphatic hydroxyl groups excluding tert-OH is 1. The van der Waals surface area contributed by atoms with E-state index in [1.54, 1.807) is 42.9 Å². The number of pyridine rings is 1. The lowest BCUT2D eigenvalue weighted by molar-refractivity contribution is 0.0736. The molecule has 0 amide bonds. The second-order valence-corrected chi connectivity index (χ2v) is 10.7. The van der Waals surface area contributed by atoms with Crippen molar-refractivity contribution in [3.05, 3.63) is 65.6 Å². The van der Waals surface area contributed by atoms with Crippen LogP contribution in [0.25, 0.3) is 0 Å². The van der Waals surface area contributed by atoms with Crippen molar-refractivity contribution in [1.29, 1.82) is 0 Å². The Morgan fingerprint density at radius 1 is 1.30 bits per heavy atom. The summed E-state index contributed by atoms with van der Waals surface area (Å²) >= 11 is 0. The van der Waals surface area contributed by atoms with Crippen LogP contribution in [0.4, 0.5) is 5.82 Å².